The third kappa shape index (κ3) is 4.03. The Morgan fingerprint density at radius 1 is 1.07 bits per heavy atom. The molecule has 7 heteroatoms. The van der Waals surface area contributed by atoms with Gasteiger partial charge in [0.05, 0.1) is 18.3 Å². The number of fused-ring (bicyclic) bond motifs is 3. The smallest absolute Gasteiger partial charge is 0.265 e. The van der Waals surface area contributed by atoms with Crippen LogP contribution in [0.3, 0.4) is 0 Å². The third-order valence-electron chi connectivity index (χ3n) is 4.68. The fourth-order valence-electron chi connectivity index (χ4n) is 3.27. The number of para-hydroxylation sites is 1. The van der Waals surface area contributed by atoms with Gasteiger partial charge in [0, 0.05) is 11.9 Å². The Hall–Kier alpha value is -3.48. The maximum absolute atomic E-state index is 5.45. The predicted octanol–water partition coefficient (Wildman–Crippen LogP) is 4.62. The molecular weight excluding hydrogens is 364 g/mol. The molecule has 4 aromatic rings. The minimum atomic E-state index is 0.375. The van der Waals surface area contributed by atoms with Crippen LogP contribution in [0.5, 0.6) is 5.75 Å². The minimum Gasteiger partial charge on any atom is -0.494 e. The largest absolute Gasteiger partial charge is 0.494 e. The number of aryl methyl sites for hydroxylation is 1. The lowest BCUT2D eigenvalue weighted by atomic mass is 10.2. The zero-order valence-corrected chi connectivity index (χ0v) is 16.7. The summed E-state index contributed by atoms with van der Waals surface area (Å²) in [7, 11) is 0. The lowest BCUT2D eigenvalue weighted by Gasteiger charge is -2.05. The first-order chi connectivity index (χ1) is 14.3. The first-order valence-corrected chi connectivity index (χ1v) is 9.93. The van der Waals surface area contributed by atoms with Crippen LogP contribution in [0.15, 0.2) is 53.6 Å². The highest BCUT2D eigenvalue weighted by molar-refractivity contribution is 6.04. The van der Waals surface area contributed by atoms with Crippen LogP contribution in [-0.4, -0.2) is 32.6 Å². The van der Waals surface area contributed by atoms with Gasteiger partial charge in [-0.25, -0.2) is 5.43 Å². The Morgan fingerprint density at radius 3 is 2.69 bits per heavy atom. The highest BCUT2D eigenvalue weighted by Crippen LogP contribution is 2.26. The highest BCUT2D eigenvalue weighted by Gasteiger charge is 2.14. The number of hydrogen-bond donors (Lipinski definition) is 1. The molecule has 0 aliphatic heterocycles. The maximum Gasteiger partial charge on any atom is 0.265 e. The van der Waals surface area contributed by atoms with Crippen molar-refractivity contribution in [3.63, 3.8) is 0 Å². The van der Waals surface area contributed by atoms with Gasteiger partial charge in [0.15, 0.2) is 5.65 Å². The number of ether oxygens (including phenoxy) is 1. The second kappa shape index (κ2) is 8.68. The topological polar surface area (TPSA) is 77.2 Å². The number of nitrogens with zero attached hydrogens (tertiary/aromatic N) is 5. The molecule has 0 aliphatic rings. The van der Waals surface area contributed by atoms with Crippen molar-refractivity contribution < 1.29 is 4.74 Å². The Bertz CT molecular complexity index is 1130. The van der Waals surface area contributed by atoms with Crippen molar-refractivity contribution in [3.05, 3.63) is 54.1 Å². The third-order valence-corrected chi connectivity index (χ3v) is 4.68. The minimum absolute atomic E-state index is 0.375. The summed E-state index contributed by atoms with van der Waals surface area (Å²) in [4.78, 5) is 4.68. The molecule has 4 rings (SSSR count). The van der Waals surface area contributed by atoms with Gasteiger partial charge in [0.2, 0.25) is 0 Å². The van der Waals surface area contributed by atoms with Gasteiger partial charge in [-0.3, -0.25) is 0 Å². The number of anilines is 1. The SMILES string of the molecule is CCCCn1c2ccccc2c2nnc(N/N=C/c3ccc(OCC)cc3)nc21. The van der Waals surface area contributed by atoms with Crippen LogP contribution in [0, 0.1) is 0 Å². The molecule has 29 heavy (non-hydrogen) atoms. The summed E-state index contributed by atoms with van der Waals surface area (Å²) in [5.74, 6) is 1.22. The summed E-state index contributed by atoms with van der Waals surface area (Å²) in [6, 6.07) is 15.9. The molecule has 2 heterocycles. The quantitative estimate of drug-likeness (QED) is 0.352. The van der Waals surface area contributed by atoms with Gasteiger partial charge in [-0.15, -0.1) is 10.2 Å². The molecule has 0 spiro atoms. The summed E-state index contributed by atoms with van der Waals surface area (Å²) in [6.07, 6.45) is 3.91. The zero-order chi connectivity index (χ0) is 20.1. The van der Waals surface area contributed by atoms with Crippen molar-refractivity contribution in [2.45, 2.75) is 33.2 Å². The molecule has 0 bridgehead atoms. The fourth-order valence-corrected chi connectivity index (χ4v) is 3.27. The molecular formula is C22H24N6O. The average Bonchev–Trinajstić information content (AvgIpc) is 3.07. The first-order valence-electron chi connectivity index (χ1n) is 9.93. The number of nitrogens with one attached hydrogen (secondary N) is 1. The van der Waals surface area contributed by atoms with Gasteiger partial charge in [0.1, 0.15) is 11.3 Å². The second-order valence-corrected chi connectivity index (χ2v) is 6.70. The number of hydrazone groups is 1. The Balaban J connectivity index is 1.58. The van der Waals surface area contributed by atoms with E-state index in [9.17, 15) is 0 Å². The van der Waals surface area contributed by atoms with E-state index in [4.69, 9.17) is 4.74 Å². The van der Waals surface area contributed by atoms with E-state index in [2.05, 4.69) is 49.3 Å². The van der Waals surface area contributed by atoms with Gasteiger partial charge in [0.25, 0.3) is 5.95 Å². The Kier molecular flexibility index (Phi) is 5.65. The van der Waals surface area contributed by atoms with Gasteiger partial charge < -0.3 is 9.30 Å². The van der Waals surface area contributed by atoms with Crippen LogP contribution in [0.1, 0.15) is 32.3 Å². The number of benzene rings is 2. The molecule has 0 saturated heterocycles. The van der Waals surface area contributed by atoms with Crippen LogP contribution in [-0.2, 0) is 6.54 Å². The van der Waals surface area contributed by atoms with Gasteiger partial charge in [-0.1, -0.05) is 31.5 Å². The number of aromatic nitrogens is 4. The molecule has 0 radical (unpaired) electrons. The van der Waals surface area contributed by atoms with E-state index in [0.717, 1.165) is 52.8 Å². The lowest BCUT2D eigenvalue weighted by Crippen LogP contribution is -2.03. The highest BCUT2D eigenvalue weighted by atomic mass is 16.5. The van der Waals surface area contributed by atoms with Crippen molar-refractivity contribution in [2.24, 2.45) is 5.10 Å². The van der Waals surface area contributed by atoms with Crippen LogP contribution in [0.4, 0.5) is 5.95 Å². The summed E-state index contributed by atoms with van der Waals surface area (Å²) in [5, 5.41) is 13.9. The molecule has 1 N–H and O–H groups in total. The summed E-state index contributed by atoms with van der Waals surface area (Å²) in [6.45, 7) is 5.69. The molecule has 0 fully saturated rings. The molecule has 0 aliphatic carbocycles. The monoisotopic (exact) mass is 388 g/mol. The standard InChI is InChI=1S/C22H24N6O/c1-3-5-14-28-19-9-7-6-8-18(19)20-21(28)24-22(27-25-20)26-23-15-16-10-12-17(13-11-16)29-4-2/h6-13,15H,3-5,14H2,1-2H3,(H,24,26,27)/b23-15+. The van der Waals surface area contributed by atoms with Crippen LogP contribution in [0.2, 0.25) is 0 Å². The van der Waals surface area contributed by atoms with Crippen molar-refractivity contribution in [3.8, 4) is 5.75 Å². The maximum atomic E-state index is 5.45. The Labute approximate surface area is 169 Å². The van der Waals surface area contributed by atoms with Crippen molar-refractivity contribution in [1.82, 2.24) is 19.7 Å². The van der Waals surface area contributed by atoms with E-state index < -0.39 is 0 Å². The van der Waals surface area contributed by atoms with Crippen molar-refractivity contribution in [1.29, 1.82) is 0 Å². The van der Waals surface area contributed by atoms with Gasteiger partial charge >= 0.3 is 0 Å². The van der Waals surface area contributed by atoms with E-state index in [-0.39, 0.29) is 0 Å². The van der Waals surface area contributed by atoms with Crippen LogP contribution < -0.4 is 10.2 Å². The fraction of sp³-hybridized carbons (Fsp3) is 0.273. The van der Waals surface area contributed by atoms with E-state index in [1.807, 2.05) is 43.3 Å². The summed E-state index contributed by atoms with van der Waals surface area (Å²) >= 11 is 0. The molecule has 7 nitrogen and oxygen atoms in total. The number of hydrogen-bond acceptors (Lipinski definition) is 6. The normalized spacial score (nSPS) is 11.5. The molecule has 0 atom stereocenters. The van der Waals surface area contributed by atoms with E-state index in [1.54, 1.807) is 6.21 Å². The molecule has 148 valence electrons. The van der Waals surface area contributed by atoms with E-state index in [1.165, 1.54) is 0 Å². The van der Waals surface area contributed by atoms with Gasteiger partial charge in [-0.2, -0.15) is 10.1 Å². The number of unbranched alkanes of at least 4 members (excludes halogenated alkanes) is 1. The molecule has 0 saturated carbocycles. The summed E-state index contributed by atoms with van der Waals surface area (Å²) < 4.78 is 7.66. The first kappa shape index (κ1) is 18.9. The van der Waals surface area contributed by atoms with Crippen LogP contribution >= 0.6 is 0 Å². The average molecular weight is 388 g/mol. The molecule has 0 amide bonds. The second-order valence-electron chi connectivity index (χ2n) is 6.70. The Morgan fingerprint density at radius 2 is 1.90 bits per heavy atom. The predicted molar refractivity (Wildman–Crippen MR) is 117 cm³/mol. The zero-order valence-electron chi connectivity index (χ0n) is 16.7. The van der Waals surface area contributed by atoms with E-state index >= 15 is 0 Å². The molecule has 0 unspecified atom stereocenters. The van der Waals surface area contributed by atoms with Crippen molar-refractivity contribution >= 4 is 34.2 Å². The lowest BCUT2D eigenvalue weighted by molar-refractivity contribution is 0.340. The summed E-state index contributed by atoms with van der Waals surface area (Å²) in [5.41, 5.74) is 6.62. The van der Waals surface area contributed by atoms with E-state index in [0.29, 0.717) is 12.6 Å². The number of rotatable bonds is 8. The van der Waals surface area contributed by atoms with Crippen molar-refractivity contribution in [2.75, 3.05) is 12.0 Å². The molecule has 2 aromatic carbocycles. The van der Waals surface area contributed by atoms with Gasteiger partial charge in [-0.05, 0) is 49.2 Å². The molecule has 2 aromatic heterocycles. The van der Waals surface area contributed by atoms with Crippen LogP contribution in [0.25, 0.3) is 22.1 Å².